The fourth-order valence-corrected chi connectivity index (χ4v) is 5.93. The molecular formula is C39H30N4O. The third kappa shape index (κ3) is 4.89. The van der Waals surface area contributed by atoms with E-state index in [2.05, 4.69) is 66.7 Å². The molecule has 44 heavy (non-hydrogen) atoms. The van der Waals surface area contributed by atoms with Gasteiger partial charge in [-0.05, 0) is 61.9 Å². The summed E-state index contributed by atoms with van der Waals surface area (Å²) in [5.74, 6) is 0.526. The van der Waals surface area contributed by atoms with Gasteiger partial charge in [-0.25, -0.2) is 0 Å². The molecule has 0 saturated carbocycles. The maximum absolute atomic E-state index is 9.65. The van der Waals surface area contributed by atoms with Gasteiger partial charge in [-0.1, -0.05) is 152 Å². The molecule has 0 aliphatic carbocycles. The zero-order valence-corrected chi connectivity index (χ0v) is 24.0. The Morgan fingerprint density at radius 3 is 1.52 bits per heavy atom. The molecule has 0 bridgehead atoms. The second kappa shape index (κ2) is 11.9. The van der Waals surface area contributed by atoms with E-state index in [0.717, 1.165) is 50.1 Å². The van der Waals surface area contributed by atoms with Crippen molar-refractivity contribution in [3.63, 3.8) is 0 Å². The summed E-state index contributed by atoms with van der Waals surface area (Å²) in [7, 11) is 0. The number of aliphatic hydroxyl groups is 1. The number of benzene rings is 6. The minimum absolute atomic E-state index is 0.00633. The third-order valence-electron chi connectivity index (χ3n) is 8.10. The molecule has 1 heterocycles. The molecule has 1 N–H and O–H groups in total. The molecule has 1 aromatic heterocycles. The van der Waals surface area contributed by atoms with Crippen molar-refractivity contribution in [1.82, 2.24) is 20.2 Å². The zero-order chi connectivity index (χ0) is 29.8. The van der Waals surface area contributed by atoms with Gasteiger partial charge in [-0.15, -0.1) is 15.0 Å². The van der Waals surface area contributed by atoms with Crippen LogP contribution >= 0.6 is 0 Å². The molecule has 7 aromatic rings. The van der Waals surface area contributed by atoms with Gasteiger partial charge in [0.2, 0.25) is 5.82 Å². The van der Waals surface area contributed by atoms with Crippen LogP contribution in [0.1, 0.15) is 22.3 Å². The lowest BCUT2D eigenvalue weighted by molar-refractivity contribution is 0.282. The molecule has 0 unspecified atom stereocenters. The van der Waals surface area contributed by atoms with Crippen molar-refractivity contribution in [2.75, 3.05) is 0 Å². The Hall–Kier alpha value is -5.65. The number of tetrazole rings is 1. The van der Waals surface area contributed by atoms with Gasteiger partial charge in [0.15, 0.2) is 5.54 Å². The van der Waals surface area contributed by atoms with Gasteiger partial charge >= 0.3 is 0 Å². The summed E-state index contributed by atoms with van der Waals surface area (Å²) in [6.07, 6.45) is 0. The second-order valence-corrected chi connectivity index (χ2v) is 10.7. The van der Waals surface area contributed by atoms with Crippen molar-refractivity contribution >= 4 is 0 Å². The van der Waals surface area contributed by atoms with Gasteiger partial charge in [0.25, 0.3) is 0 Å². The summed E-state index contributed by atoms with van der Waals surface area (Å²) in [6.45, 7) is -0.00633. The fourth-order valence-electron chi connectivity index (χ4n) is 5.93. The largest absolute Gasteiger partial charge is 0.392 e. The molecule has 7 rings (SSSR count). The van der Waals surface area contributed by atoms with Gasteiger partial charge in [-0.3, -0.25) is 0 Å². The van der Waals surface area contributed by atoms with E-state index in [-0.39, 0.29) is 6.61 Å². The van der Waals surface area contributed by atoms with Gasteiger partial charge < -0.3 is 5.11 Å². The first-order valence-corrected chi connectivity index (χ1v) is 14.6. The van der Waals surface area contributed by atoms with Crippen molar-refractivity contribution in [1.29, 1.82) is 0 Å². The molecule has 0 aliphatic rings. The highest BCUT2D eigenvalue weighted by molar-refractivity contribution is 5.85. The maximum Gasteiger partial charge on any atom is 0.205 e. The summed E-state index contributed by atoms with van der Waals surface area (Å²) in [4.78, 5) is 1.76. The highest BCUT2D eigenvalue weighted by Gasteiger charge is 2.41. The highest BCUT2D eigenvalue weighted by Crippen LogP contribution is 2.41. The van der Waals surface area contributed by atoms with Gasteiger partial charge in [0.05, 0.1) is 6.61 Å². The topological polar surface area (TPSA) is 63.8 Å². The van der Waals surface area contributed by atoms with Gasteiger partial charge in [0, 0.05) is 5.56 Å². The van der Waals surface area contributed by atoms with E-state index in [9.17, 15) is 5.11 Å². The van der Waals surface area contributed by atoms with Crippen LogP contribution in [0.3, 0.4) is 0 Å². The molecule has 0 atom stereocenters. The van der Waals surface area contributed by atoms with Crippen LogP contribution in [0, 0.1) is 0 Å². The van der Waals surface area contributed by atoms with Crippen LogP contribution in [0.4, 0.5) is 0 Å². The Morgan fingerprint density at radius 1 is 0.500 bits per heavy atom. The Bertz CT molecular complexity index is 1880. The molecule has 0 amide bonds. The predicted molar refractivity (Wildman–Crippen MR) is 175 cm³/mol. The Balaban J connectivity index is 1.45. The Morgan fingerprint density at radius 2 is 1.00 bits per heavy atom. The number of aliphatic hydroxyl groups excluding tert-OH is 1. The quantitative estimate of drug-likeness (QED) is 0.188. The smallest absolute Gasteiger partial charge is 0.205 e. The molecule has 0 radical (unpaired) electrons. The number of hydrogen-bond donors (Lipinski definition) is 1. The number of rotatable bonds is 8. The molecular weight excluding hydrogens is 540 g/mol. The number of aromatic nitrogens is 4. The summed E-state index contributed by atoms with van der Waals surface area (Å²) in [6, 6.07) is 55.7. The molecule has 5 heteroatoms. The summed E-state index contributed by atoms with van der Waals surface area (Å²) >= 11 is 0. The molecule has 212 valence electrons. The van der Waals surface area contributed by atoms with Crippen molar-refractivity contribution in [2.24, 2.45) is 0 Å². The van der Waals surface area contributed by atoms with Gasteiger partial charge in [-0.2, -0.15) is 0 Å². The summed E-state index contributed by atoms with van der Waals surface area (Å²) < 4.78 is 0. The molecule has 0 aliphatic heterocycles. The lowest BCUT2D eigenvalue weighted by Crippen LogP contribution is -2.39. The van der Waals surface area contributed by atoms with E-state index in [1.807, 2.05) is 97.1 Å². The van der Waals surface area contributed by atoms with Crippen molar-refractivity contribution in [2.45, 2.75) is 12.1 Å². The third-order valence-corrected chi connectivity index (χ3v) is 8.10. The Kier molecular flexibility index (Phi) is 7.37. The predicted octanol–water partition coefficient (Wildman–Crippen LogP) is 8.01. The van der Waals surface area contributed by atoms with Crippen LogP contribution in [0.15, 0.2) is 164 Å². The van der Waals surface area contributed by atoms with E-state index in [1.54, 1.807) is 4.80 Å². The van der Waals surface area contributed by atoms with E-state index < -0.39 is 5.54 Å². The number of hydrogen-bond acceptors (Lipinski definition) is 4. The van der Waals surface area contributed by atoms with Crippen LogP contribution in [-0.2, 0) is 12.1 Å². The average molecular weight is 571 g/mol. The van der Waals surface area contributed by atoms with E-state index in [1.165, 1.54) is 0 Å². The lowest BCUT2D eigenvalue weighted by Gasteiger charge is -2.34. The highest BCUT2D eigenvalue weighted by atomic mass is 16.3. The van der Waals surface area contributed by atoms with Crippen LogP contribution in [0.2, 0.25) is 0 Å². The first-order chi connectivity index (χ1) is 21.8. The lowest BCUT2D eigenvalue weighted by atomic mass is 9.77. The average Bonchev–Trinajstić information content (AvgIpc) is 3.61. The van der Waals surface area contributed by atoms with E-state index >= 15 is 0 Å². The SMILES string of the molecule is OCc1ccc(-c2cc(-c3ccccc3)ccc2-c2nnn(C(c3ccccc3)(c3ccccc3)c3ccccc3)n2)cc1. The first-order valence-electron chi connectivity index (χ1n) is 14.6. The summed E-state index contributed by atoms with van der Waals surface area (Å²) in [5, 5.41) is 24.3. The molecule has 0 saturated heterocycles. The second-order valence-electron chi connectivity index (χ2n) is 10.7. The van der Waals surface area contributed by atoms with Crippen LogP contribution in [0.5, 0.6) is 0 Å². The maximum atomic E-state index is 9.65. The van der Waals surface area contributed by atoms with Crippen molar-refractivity contribution < 1.29 is 5.11 Å². The molecule has 5 nitrogen and oxygen atoms in total. The monoisotopic (exact) mass is 570 g/mol. The van der Waals surface area contributed by atoms with Crippen LogP contribution < -0.4 is 0 Å². The summed E-state index contributed by atoms with van der Waals surface area (Å²) in [5.41, 5.74) is 8.17. The van der Waals surface area contributed by atoms with E-state index in [0.29, 0.717) is 5.82 Å². The van der Waals surface area contributed by atoms with Crippen LogP contribution in [0.25, 0.3) is 33.6 Å². The molecule has 0 fully saturated rings. The fraction of sp³-hybridized carbons (Fsp3) is 0.0513. The van der Waals surface area contributed by atoms with Gasteiger partial charge in [0.1, 0.15) is 0 Å². The van der Waals surface area contributed by atoms with Crippen molar-refractivity contribution in [3.8, 4) is 33.6 Å². The molecule has 0 spiro atoms. The van der Waals surface area contributed by atoms with Crippen molar-refractivity contribution in [3.05, 3.63) is 186 Å². The van der Waals surface area contributed by atoms with E-state index in [4.69, 9.17) is 15.4 Å². The number of nitrogens with zero attached hydrogens (tertiary/aromatic N) is 4. The first kappa shape index (κ1) is 27.2. The minimum Gasteiger partial charge on any atom is -0.392 e. The Labute approximate surface area is 256 Å². The molecule has 6 aromatic carbocycles. The van der Waals surface area contributed by atoms with Crippen LogP contribution in [-0.4, -0.2) is 25.3 Å². The zero-order valence-electron chi connectivity index (χ0n) is 24.0. The normalized spacial score (nSPS) is 11.4. The standard InChI is InChI=1S/C39H30N4O/c44-28-29-21-23-31(24-22-29)37-27-32(30-13-5-1-6-14-30)25-26-36(37)38-40-42-43(41-38)39(33-15-7-2-8-16-33,34-17-9-3-10-18-34)35-19-11-4-12-20-35/h1-27,44H,28H2. The minimum atomic E-state index is -0.859.